The summed E-state index contributed by atoms with van der Waals surface area (Å²) in [5, 5.41) is 9.72. The number of aromatic nitrogens is 6. The lowest BCUT2D eigenvalue weighted by Gasteiger charge is -2.07. The van der Waals surface area contributed by atoms with Crippen molar-refractivity contribution >= 4 is 28.5 Å². The van der Waals surface area contributed by atoms with Crippen molar-refractivity contribution < 1.29 is 0 Å². The van der Waals surface area contributed by atoms with Crippen LogP contribution in [-0.2, 0) is 13.6 Å². The standard InChI is InChI=1S/C11H13ClN8/c1-6-8(12)4-15-20(6)5-9-16-10(18-13)7-3-14-19(2)11(7)17-9/h3-4H,5,13H2,1-2H3,(H,16,17,18). The van der Waals surface area contributed by atoms with Crippen LogP contribution < -0.4 is 11.3 Å². The SMILES string of the molecule is Cc1c(Cl)cnn1Cc1nc(NN)c2cnn(C)c2n1. The quantitative estimate of drug-likeness (QED) is 0.548. The monoisotopic (exact) mass is 292 g/mol. The number of nitrogens with two attached hydrogens (primary N) is 1. The number of hydrogen-bond donors (Lipinski definition) is 2. The summed E-state index contributed by atoms with van der Waals surface area (Å²) in [6.07, 6.45) is 3.27. The molecular formula is C11H13ClN8. The van der Waals surface area contributed by atoms with Crippen molar-refractivity contribution in [2.24, 2.45) is 12.9 Å². The Morgan fingerprint density at radius 3 is 2.75 bits per heavy atom. The summed E-state index contributed by atoms with van der Waals surface area (Å²) in [7, 11) is 1.81. The van der Waals surface area contributed by atoms with Crippen molar-refractivity contribution in [1.82, 2.24) is 29.5 Å². The summed E-state index contributed by atoms with van der Waals surface area (Å²) in [6.45, 7) is 2.30. The van der Waals surface area contributed by atoms with Gasteiger partial charge in [0.1, 0.15) is 6.54 Å². The van der Waals surface area contributed by atoms with E-state index < -0.39 is 0 Å². The molecular weight excluding hydrogens is 280 g/mol. The van der Waals surface area contributed by atoms with E-state index in [-0.39, 0.29) is 0 Å². The third-order valence-corrected chi connectivity index (χ3v) is 3.48. The van der Waals surface area contributed by atoms with Crippen LogP contribution in [0, 0.1) is 6.92 Å². The summed E-state index contributed by atoms with van der Waals surface area (Å²) >= 11 is 5.99. The van der Waals surface area contributed by atoms with Crippen molar-refractivity contribution in [3.63, 3.8) is 0 Å². The molecule has 0 bridgehead atoms. The fourth-order valence-electron chi connectivity index (χ4n) is 1.97. The molecule has 3 rings (SSSR count). The molecule has 0 saturated heterocycles. The summed E-state index contributed by atoms with van der Waals surface area (Å²) in [5.74, 6) is 6.62. The second-order valence-electron chi connectivity index (χ2n) is 4.37. The Balaban J connectivity index is 2.07. The molecule has 0 amide bonds. The third kappa shape index (κ3) is 1.98. The number of hydrogen-bond acceptors (Lipinski definition) is 6. The van der Waals surface area contributed by atoms with Gasteiger partial charge in [-0.25, -0.2) is 15.8 Å². The Hall–Kier alpha value is -2.19. The number of nitrogens with one attached hydrogen (secondary N) is 1. The molecule has 0 aliphatic carbocycles. The van der Waals surface area contributed by atoms with E-state index >= 15 is 0 Å². The summed E-state index contributed by atoms with van der Waals surface area (Å²) in [5.41, 5.74) is 4.14. The van der Waals surface area contributed by atoms with E-state index in [2.05, 4.69) is 25.6 Å². The molecule has 0 aromatic carbocycles. The largest absolute Gasteiger partial charge is 0.308 e. The van der Waals surface area contributed by atoms with Gasteiger partial charge in [0, 0.05) is 7.05 Å². The van der Waals surface area contributed by atoms with Gasteiger partial charge >= 0.3 is 0 Å². The van der Waals surface area contributed by atoms with E-state index in [1.165, 1.54) is 0 Å². The van der Waals surface area contributed by atoms with Crippen molar-refractivity contribution in [3.05, 3.63) is 28.9 Å². The van der Waals surface area contributed by atoms with Crippen LogP contribution >= 0.6 is 11.6 Å². The molecule has 104 valence electrons. The predicted molar refractivity (Wildman–Crippen MR) is 75.2 cm³/mol. The molecule has 0 fully saturated rings. The van der Waals surface area contributed by atoms with E-state index in [0.717, 1.165) is 11.1 Å². The molecule has 3 heterocycles. The Bertz CT molecular complexity index is 774. The van der Waals surface area contributed by atoms with Crippen molar-refractivity contribution in [2.45, 2.75) is 13.5 Å². The first-order valence-corrected chi connectivity index (χ1v) is 6.31. The van der Waals surface area contributed by atoms with Gasteiger partial charge < -0.3 is 5.43 Å². The zero-order chi connectivity index (χ0) is 14.3. The smallest absolute Gasteiger partial charge is 0.163 e. The second-order valence-corrected chi connectivity index (χ2v) is 4.78. The Morgan fingerprint density at radius 2 is 2.10 bits per heavy atom. The highest BCUT2D eigenvalue weighted by atomic mass is 35.5. The maximum Gasteiger partial charge on any atom is 0.163 e. The highest BCUT2D eigenvalue weighted by molar-refractivity contribution is 6.31. The summed E-state index contributed by atoms with van der Waals surface area (Å²) < 4.78 is 3.41. The highest BCUT2D eigenvalue weighted by Crippen LogP contribution is 2.20. The topological polar surface area (TPSA) is 99.5 Å². The molecule has 0 saturated carbocycles. The lowest BCUT2D eigenvalue weighted by molar-refractivity contribution is 0.637. The minimum Gasteiger partial charge on any atom is -0.308 e. The molecule has 0 unspecified atom stereocenters. The predicted octanol–water partition coefficient (Wildman–Crippen LogP) is 0.856. The molecule has 3 N–H and O–H groups in total. The van der Waals surface area contributed by atoms with Crippen molar-refractivity contribution in [2.75, 3.05) is 5.43 Å². The van der Waals surface area contributed by atoms with Crippen molar-refractivity contribution in [3.8, 4) is 0 Å². The van der Waals surface area contributed by atoms with Crippen LogP contribution in [-0.4, -0.2) is 29.5 Å². The fraction of sp³-hybridized carbons (Fsp3) is 0.273. The molecule has 3 aromatic heterocycles. The number of anilines is 1. The van der Waals surface area contributed by atoms with Crippen LogP contribution in [0.15, 0.2) is 12.4 Å². The first kappa shape index (κ1) is 12.8. The molecule has 0 aliphatic heterocycles. The van der Waals surface area contributed by atoms with Gasteiger partial charge in [-0.05, 0) is 6.92 Å². The highest BCUT2D eigenvalue weighted by Gasteiger charge is 2.12. The molecule has 0 radical (unpaired) electrons. The number of aryl methyl sites for hydroxylation is 1. The van der Waals surface area contributed by atoms with Crippen LogP contribution in [0.25, 0.3) is 11.0 Å². The maximum absolute atomic E-state index is 5.99. The lowest BCUT2D eigenvalue weighted by Crippen LogP contribution is -2.13. The molecule has 8 nitrogen and oxygen atoms in total. The molecule has 0 aliphatic rings. The van der Waals surface area contributed by atoms with Gasteiger partial charge in [-0.2, -0.15) is 10.2 Å². The number of nitrogen functional groups attached to an aromatic ring is 1. The van der Waals surface area contributed by atoms with Crippen LogP contribution in [0.4, 0.5) is 5.82 Å². The zero-order valence-corrected chi connectivity index (χ0v) is 11.8. The van der Waals surface area contributed by atoms with Crippen LogP contribution in [0.3, 0.4) is 0 Å². The minimum atomic E-state index is 0.411. The van der Waals surface area contributed by atoms with Crippen LogP contribution in [0.1, 0.15) is 11.5 Å². The Kier molecular flexibility index (Phi) is 3.03. The van der Waals surface area contributed by atoms with Crippen LogP contribution in [0.5, 0.6) is 0 Å². The van der Waals surface area contributed by atoms with Crippen molar-refractivity contribution in [1.29, 1.82) is 0 Å². The van der Waals surface area contributed by atoms with Gasteiger partial charge in [-0.15, -0.1) is 0 Å². The lowest BCUT2D eigenvalue weighted by atomic mass is 10.4. The maximum atomic E-state index is 5.99. The molecule has 20 heavy (non-hydrogen) atoms. The zero-order valence-electron chi connectivity index (χ0n) is 11.0. The molecule has 0 atom stereocenters. The summed E-state index contributed by atoms with van der Waals surface area (Å²) in [6, 6.07) is 0. The molecule has 3 aromatic rings. The average molecular weight is 293 g/mol. The average Bonchev–Trinajstić information content (AvgIpc) is 2.96. The van der Waals surface area contributed by atoms with E-state index in [1.54, 1.807) is 21.8 Å². The first-order valence-electron chi connectivity index (χ1n) is 5.93. The molecule has 0 spiro atoms. The van der Waals surface area contributed by atoms with E-state index in [9.17, 15) is 0 Å². The van der Waals surface area contributed by atoms with E-state index in [1.807, 2.05) is 14.0 Å². The fourth-order valence-corrected chi connectivity index (χ4v) is 2.11. The van der Waals surface area contributed by atoms with Gasteiger partial charge in [0.05, 0.1) is 28.5 Å². The van der Waals surface area contributed by atoms with Gasteiger partial charge in [0.25, 0.3) is 0 Å². The van der Waals surface area contributed by atoms with Gasteiger partial charge in [0.2, 0.25) is 0 Å². The minimum absolute atomic E-state index is 0.411. The number of hydrazine groups is 1. The van der Waals surface area contributed by atoms with Gasteiger partial charge in [-0.3, -0.25) is 9.36 Å². The van der Waals surface area contributed by atoms with E-state index in [0.29, 0.717) is 28.9 Å². The molecule has 9 heteroatoms. The first-order chi connectivity index (χ1) is 9.60. The number of nitrogens with zero attached hydrogens (tertiary/aromatic N) is 6. The number of fused-ring (bicyclic) bond motifs is 1. The van der Waals surface area contributed by atoms with Gasteiger partial charge in [0.15, 0.2) is 17.3 Å². The van der Waals surface area contributed by atoms with Crippen LogP contribution in [0.2, 0.25) is 5.02 Å². The number of halogens is 1. The Morgan fingerprint density at radius 1 is 1.30 bits per heavy atom. The van der Waals surface area contributed by atoms with E-state index in [4.69, 9.17) is 17.4 Å². The second kappa shape index (κ2) is 4.73. The third-order valence-electron chi connectivity index (χ3n) is 3.11. The number of rotatable bonds is 3. The van der Waals surface area contributed by atoms with Gasteiger partial charge in [-0.1, -0.05) is 11.6 Å². The summed E-state index contributed by atoms with van der Waals surface area (Å²) in [4.78, 5) is 8.85. The Labute approximate surface area is 119 Å². The normalized spacial score (nSPS) is 11.2.